The van der Waals surface area contributed by atoms with Gasteiger partial charge >= 0.3 is 5.97 Å². The maximum absolute atomic E-state index is 12.2. The summed E-state index contributed by atoms with van der Waals surface area (Å²) >= 11 is 0. The van der Waals surface area contributed by atoms with Gasteiger partial charge in [-0.15, -0.1) is 0 Å². The number of benzene rings is 2. The summed E-state index contributed by atoms with van der Waals surface area (Å²) in [7, 11) is 0. The standard InChI is InChI=1S/C18H16N2O4/c1-12(21)19-14-9-5-6-10-15(14)20-16(18(23)24)11-17(22)13-7-3-2-4-8-13/h2-11,20H,1H3,(H,19,21)(H,23,24)/b16-11-. The van der Waals surface area contributed by atoms with Gasteiger partial charge in [0, 0.05) is 18.6 Å². The largest absolute Gasteiger partial charge is 0.477 e. The molecule has 0 aliphatic rings. The number of nitrogens with one attached hydrogen (secondary N) is 2. The third kappa shape index (κ3) is 4.54. The Morgan fingerprint density at radius 1 is 0.875 bits per heavy atom. The van der Waals surface area contributed by atoms with Gasteiger partial charge in [0.05, 0.1) is 11.4 Å². The summed E-state index contributed by atoms with van der Waals surface area (Å²) in [4.78, 5) is 34.8. The van der Waals surface area contributed by atoms with Crippen molar-refractivity contribution in [2.24, 2.45) is 0 Å². The lowest BCUT2D eigenvalue weighted by Crippen LogP contribution is -2.15. The first-order valence-electron chi connectivity index (χ1n) is 7.15. The summed E-state index contributed by atoms with van der Waals surface area (Å²) in [5.41, 5.74) is 0.890. The molecule has 0 saturated carbocycles. The molecule has 0 radical (unpaired) electrons. The van der Waals surface area contributed by atoms with Crippen molar-refractivity contribution < 1.29 is 19.5 Å². The van der Waals surface area contributed by atoms with E-state index in [-0.39, 0.29) is 11.6 Å². The molecule has 6 heteroatoms. The molecule has 0 fully saturated rings. The first-order chi connectivity index (χ1) is 11.5. The molecule has 0 aromatic heterocycles. The number of carboxylic acid groups (broad SMARTS) is 1. The van der Waals surface area contributed by atoms with Crippen molar-refractivity contribution in [2.45, 2.75) is 6.92 Å². The van der Waals surface area contributed by atoms with Crippen LogP contribution in [0.2, 0.25) is 0 Å². The second-order valence-electron chi connectivity index (χ2n) is 4.95. The van der Waals surface area contributed by atoms with E-state index in [0.717, 1.165) is 6.08 Å². The van der Waals surface area contributed by atoms with E-state index in [1.54, 1.807) is 54.6 Å². The van der Waals surface area contributed by atoms with Crippen LogP contribution in [0.4, 0.5) is 11.4 Å². The highest BCUT2D eigenvalue weighted by molar-refractivity contribution is 6.09. The zero-order valence-corrected chi connectivity index (χ0v) is 12.9. The monoisotopic (exact) mass is 324 g/mol. The molecule has 2 aromatic carbocycles. The van der Waals surface area contributed by atoms with Crippen molar-refractivity contribution in [1.82, 2.24) is 0 Å². The molecular formula is C18H16N2O4. The zero-order valence-electron chi connectivity index (χ0n) is 12.9. The number of hydrogen-bond donors (Lipinski definition) is 3. The second-order valence-corrected chi connectivity index (χ2v) is 4.95. The zero-order chi connectivity index (χ0) is 17.5. The molecule has 3 N–H and O–H groups in total. The second kappa shape index (κ2) is 7.73. The van der Waals surface area contributed by atoms with E-state index >= 15 is 0 Å². The molecule has 0 atom stereocenters. The maximum atomic E-state index is 12.2. The number of amides is 1. The number of anilines is 2. The third-order valence-electron chi connectivity index (χ3n) is 3.07. The Kier molecular flexibility index (Phi) is 5.46. The van der Waals surface area contributed by atoms with Crippen molar-refractivity contribution in [3.8, 4) is 0 Å². The molecule has 0 saturated heterocycles. The fraction of sp³-hybridized carbons (Fsp3) is 0.0556. The van der Waals surface area contributed by atoms with Gasteiger partial charge in [-0.1, -0.05) is 42.5 Å². The number of ketones is 1. The highest BCUT2D eigenvalue weighted by Gasteiger charge is 2.13. The number of hydrogen-bond acceptors (Lipinski definition) is 4. The van der Waals surface area contributed by atoms with Crippen LogP contribution >= 0.6 is 0 Å². The van der Waals surface area contributed by atoms with Crippen molar-refractivity contribution in [2.75, 3.05) is 10.6 Å². The van der Waals surface area contributed by atoms with E-state index in [4.69, 9.17) is 0 Å². The molecule has 6 nitrogen and oxygen atoms in total. The van der Waals surface area contributed by atoms with Crippen molar-refractivity contribution in [3.63, 3.8) is 0 Å². The van der Waals surface area contributed by atoms with E-state index in [9.17, 15) is 19.5 Å². The number of para-hydroxylation sites is 2. The minimum Gasteiger partial charge on any atom is -0.477 e. The molecule has 2 rings (SSSR count). The van der Waals surface area contributed by atoms with E-state index in [0.29, 0.717) is 16.9 Å². The van der Waals surface area contributed by atoms with Crippen molar-refractivity contribution >= 4 is 29.0 Å². The van der Waals surface area contributed by atoms with E-state index in [1.807, 2.05) is 0 Å². The fourth-order valence-electron chi connectivity index (χ4n) is 2.00. The van der Waals surface area contributed by atoms with Gasteiger partial charge < -0.3 is 15.7 Å². The molecule has 0 aliphatic carbocycles. The Morgan fingerprint density at radius 3 is 1.96 bits per heavy atom. The van der Waals surface area contributed by atoms with E-state index < -0.39 is 11.8 Å². The van der Waals surface area contributed by atoms with Crippen LogP contribution in [0.15, 0.2) is 66.4 Å². The Hall–Kier alpha value is -3.41. The molecule has 0 bridgehead atoms. The predicted octanol–water partition coefficient (Wildman–Crippen LogP) is 2.91. The molecule has 122 valence electrons. The van der Waals surface area contributed by atoms with Crippen LogP contribution in [0, 0.1) is 0 Å². The van der Waals surface area contributed by atoms with Gasteiger partial charge in [0.25, 0.3) is 0 Å². The van der Waals surface area contributed by atoms with Gasteiger partial charge in [0.15, 0.2) is 5.78 Å². The summed E-state index contributed by atoms with van der Waals surface area (Å²) in [5.74, 6) is -2.00. The fourth-order valence-corrected chi connectivity index (χ4v) is 2.00. The lowest BCUT2D eigenvalue weighted by Gasteiger charge is -2.12. The Morgan fingerprint density at radius 2 is 1.42 bits per heavy atom. The SMILES string of the molecule is CC(=O)Nc1ccccc1N/C(=C\C(=O)c1ccccc1)C(=O)O. The third-order valence-corrected chi connectivity index (χ3v) is 3.07. The van der Waals surface area contributed by atoms with Crippen LogP contribution in [0.5, 0.6) is 0 Å². The first kappa shape index (κ1) is 17.0. The molecule has 0 aliphatic heterocycles. The van der Waals surface area contributed by atoms with Crippen molar-refractivity contribution in [1.29, 1.82) is 0 Å². The predicted molar refractivity (Wildman–Crippen MR) is 90.9 cm³/mol. The van der Waals surface area contributed by atoms with Gasteiger partial charge in [0.1, 0.15) is 5.70 Å². The smallest absolute Gasteiger partial charge is 0.352 e. The van der Waals surface area contributed by atoms with Gasteiger partial charge in [-0.3, -0.25) is 9.59 Å². The Bertz CT molecular complexity index is 798. The lowest BCUT2D eigenvalue weighted by molar-refractivity contribution is -0.132. The molecule has 24 heavy (non-hydrogen) atoms. The number of carbonyl (C=O) groups is 3. The highest BCUT2D eigenvalue weighted by atomic mass is 16.4. The normalized spacial score (nSPS) is 10.8. The maximum Gasteiger partial charge on any atom is 0.352 e. The Labute approximate surface area is 138 Å². The van der Waals surface area contributed by atoms with Gasteiger partial charge in [-0.05, 0) is 12.1 Å². The lowest BCUT2D eigenvalue weighted by atomic mass is 10.1. The minimum absolute atomic E-state index is 0.287. The number of aliphatic carboxylic acids is 1. The Balaban J connectivity index is 2.30. The first-order valence-corrected chi connectivity index (χ1v) is 7.15. The summed E-state index contributed by atoms with van der Waals surface area (Å²) in [5, 5.41) is 14.6. The quantitative estimate of drug-likeness (QED) is 0.561. The van der Waals surface area contributed by atoms with Crippen molar-refractivity contribution in [3.05, 3.63) is 71.9 Å². The van der Waals surface area contributed by atoms with Gasteiger partial charge in [-0.25, -0.2) is 4.79 Å². The van der Waals surface area contributed by atoms with Crippen LogP contribution in [-0.2, 0) is 9.59 Å². The summed E-state index contributed by atoms with van der Waals surface area (Å²) in [6.45, 7) is 1.35. The highest BCUT2D eigenvalue weighted by Crippen LogP contribution is 2.22. The molecule has 0 unspecified atom stereocenters. The average molecular weight is 324 g/mol. The number of carboxylic acids is 1. The molecule has 2 aromatic rings. The summed E-state index contributed by atoms with van der Waals surface area (Å²) < 4.78 is 0. The van der Waals surface area contributed by atoms with Gasteiger partial charge in [-0.2, -0.15) is 0 Å². The molecule has 0 spiro atoms. The summed E-state index contributed by atoms with van der Waals surface area (Å²) in [6, 6.07) is 15.0. The van der Waals surface area contributed by atoms with Gasteiger partial charge in [0.2, 0.25) is 5.91 Å². The minimum atomic E-state index is -1.28. The molecular weight excluding hydrogens is 308 g/mol. The van der Waals surface area contributed by atoms with Crippen LogP contribution in [0.25, 0.3) is 0 Å². The topological polar surface area (TPSA) is 95.5 Å². The average Bonchev–Trinajstić information content (AvgIpc) is 2.56. The van der Waals surface area contributed by atoms with E-state index in [2.05, 4.69) is 10.6 Å². The van der Waals surface area contributed by atoms with Crippen LogP contribution in [0.3, 0.4) is 0 Å². The van der Waals surface area contributed by atoms with E-state index in [1.165, 1.54) is 6.92 Å². The summed E-state index contributed by atoms with van der Waals surface area (Å²) in [6.07, 6.45) is 1.02. The molecule has 0 heterocycles. The number of carbonyl (C=O) groups excluding carboxylic acids is 2. The van der Waals surface area contributed by atoms with Crippen LogP contribution in [-0.4, -0.2) is 22.8 Å². The van der Waals surface area contributed by atoms with Crippen LogP contribution in [0.1, 0.15) is 17.3 Å². The van der Waals surface area contributed by atoms with Crippen LogP contribution < -0.4 is 10.6 Å². The number of rotatable bonds is 6. The molecule has 1 amide bonds. The number of allylic oxidation sites excluding steroid dienone is 1.